The van der Waals surface area contributed by atoms with Crippen molar-refractivity contribution < 1.29 is 36.2 Å². The highest BCUT2D eigenvalue weighted by Gasteiger charge is 2.45. The molecule has 1 amide bonds. The minimum absolute atomic E-state index is 0.00144. The molecular formula is C33H38ClF3N2O5S. The van der Waals surface area contributed by atoms with Crippen LogP contribution in [0.5, 0.6) is 5.75 Å². The number of carbonyl (C=O) groups is 1. The maximum absolute atomic E-state index is 13.5. The third kappa shape index (κ3) is 6.58. The Labute approximate surface area is 266 Å². The number of amides is 1. The standard InChI is InChI=1S/C33H38ClF3N2O5S/c1-20-4-2-6-28(40)25-10-7-23(25)17-39-18-32(13-3-5-21-14-24(34)9-11-26(21)32)19-44-29-12-8-22(15-27(29)39)31(41)38-45(42,43)30(20)16-33(35,36)37/h2,6,8-9,11-12,14-15,20,23,25,28,30,40H,3-5,7,10,13,16-19H2,1H3,(H,38,41)/b6-2+/t20-,23-,25+,28-,30-,32-/m0/s1. The van der Waals surface area contributed by atoms with Gasteiger partial charge < -0.3 is 14.7 Å². The number of rotatable bonds is 1. The number of allylic oxidation sites excluding steroid dienone is 1. The number of hydrogen-bond donors (Lipinski definition) is 2. The molecule has 2 aromatic carbocycles. The van der Waals surface area contributed by atoms with Crippen LogP contribution in [0.25, 0.3) is 0 Å². The Morgan fingerprint density at radius 3 is 2.71 bits per heavy atom. The summed E-state index contributed by atoms with van der Waals surface area (Å²) in [5, 5.41) is 9.88. The normalized spacial score (nSPS) is 32.3. The summed E-state index contributed by atoms with van der Waals surface area (Å²) in [6, 6.07) is 10.6. The number of nitrogens with one attached hydrogen (secondary N) is 1. The van der Waals surface area contributed by atoms with E-state index in [0.29, 0.717) is 36.2 Å². The molecule has 0 radical (unpaired) electrons. The van der Waals surface area contributed by atoms with Crippen LogP contribution < -0.4 is 14.4 Å². The van der Waals surface area contributed by atoms with Gasteiger partial charge in [-0.15, -0.1) is 0 Å². The first kappa shape index (κ1) is 32.2. The molecule has 0 saturated heterocycles. The minimum Gasteiger partial charge on any atom is -0.490 e. The topological polar surface area (TPSA) is 95.9 Å². The van der Waals surface area contributed by atoms with Gasteiger partial charge in [0.15, 0.2) is 0 Å². The minimum atomic E-state index is -4.76. The van der Waals surface area contributed by atoms with Crippen LogP contribution in [0.3, 0.4) is 0 Å². The molecular weight excluding hydrogens is 629 g/mol. The second-order valence-corrected chi connectivity index (χ2v) is 15.6. The highest BCUT2D eigenvalue weighted by molar-refractivity contribution is 7.90. The van der Waals surface area contributed by atoms with E-state index in [-0.39, 0.29) is 29.2 Å². The molecule has 2 aliphatic heterocycles. The summed E-state index contributed by atoms with van der Waals surface area (Å²) in [4.78, 5) is 15.6. The van der Waals surface area contributed by atoms with Gasteiger partial charge in [0.1, 0.15) is 5.75 Å². The van der Waals surface area contributed by atoms with Crippen LogP contribution >= 0.6 is 11.6 Å². The Morgan fingerprint density at radius 1 is 1.18 bits per heavy atom. The lowest BCUT2D eigenvalue weighted by molar-refractivity contribution is -0.136. The first-order valence-electron chi connectivity index (χ1n) is 15.5. The van der Waals surface area contributed by atoms with Crippen molar-refractivity contribution in [1.29, 1.82) is 0 Å². The molecule has 6 rings (SSSR count). The fraction of sp³-hybridized carbons (Fsp3) is 0.545. The van der Waals surface area contributed by atoms with Crippen LogP contribution in [0.1, 0.15) is 66.9 Å². The summed E-state index contributed by atoms with van der Waals surface area (Å²) in [6.07, 6.45) is 0.369. The molecule has 4 aliphatic rings. The van der Waals surface area contributed by atoms with Gasteiger partial charge in [0.25, 0.3) is 5.91 Å². The lowest BCUT2D eigenvalue weighted by Crippen LogP contribution is -2.49. The smallest absolute Gasteiger partial charge is 0.390 e. The van der Waals surface area contributed by atoms with Crippen LogP contribution in [-0.4, -0.2) is 56.7 Å². The molecule has 7 nitrogen and oxygen atoms in total. The van der Waals surface area contributed by atoms with Crippen molar-refractivity contribution in [1.82, 2.24) is 4.72 Å². The van der Waals surface area contributed by atoms with Crippen LogP contribution in [-0.2, 0) is 21.9 Å². The van der Waals surface area contributed by atoms with Gasteiger partial charge in [-0.2, -0.15) is 13.2 Å². The fourth-order valence-electron chi connectivity index (χ4n) is 7.65. The Kier molecular flexibility index (Phi) is 8.67. The molecule has 0 aromatic heterocycles. The van der Waals surface area contributed by atoms with Crippen LogP contribution in [0.2, 0.25) is 5.02 Å². The maximum atomic E-state index is 13.5. The number of anilines is 1. The number of hydrogen-bond acceptors (Lipinski definition) is 6. The lowest BCUT2D eigenvalue weighted by atomic mass is 9.68. The number of aliphatic hydroxyl groups excluding tert-OH is 1. The molecule has 6 atom stereocenters. The third-order valence-corrected chi connectivity index (χ3v) is 12.3. The van der Waals surface area contributed by atoms with E-state index in [0.717, 1.165) is 32.1 Å². The average molecular weight is 667 g/mol. The number of carbonyl (C=O) groups excluding carboxylic acids is 1. The van der Waals surface area contributed by atoms with Gasteiger partial charge in [-0.3, -0.25) is 4.79 Å². The summed E-state index contributed by atoms with van der Waals surface area (Å²) in [5.74, 6) is -1.36. The Hall–Kier alpha value is -2.76. The molecule has 12 heteroatoms. The van der Waals surface area contributed by atoms with Gasteiger partial charge in [0.05, 0.1) is 30.1 Å². The van der Waals surface area contributed by atoms with Gasteiger partial charge in [0, 0.05) is 29.1 Å². The highest BCUT2D eigenvalue weighted by Crippen LogP contribution is 2.47. The predicted molar refractivity (Wildman–Crippen MR) is 166 cm³/mol. The summed E-state index contributed by atoms with van der Waals surface area (Å²) < 4.78 is 75.6. The second-order valence-electron chi connectivity index (χ2n) is 13.3. The molecule has 2 N–H and O–H groups in total. The van der Waals surface area contributed by atoms with Crippen molar-refractivity contribution in [3.05, 3.63) is 70.3 Å². The SMILES string of the molecule is C[C@H]1C/C=C/[C@H](O)[C@@H]2CC[C@H]2CN2C[C@@]3(CCCc4cc(Cl)ccc43)COc3ccc(cc32)C(=O)NS(=O)(=O)[C@H]1CC(F)(F)F. The maximum Gasteiger partial charge on any atom is 0.390 e. The quantitative estimate of drug-likeness (QED) is 0.353. The van der Waals surface area contributed by atoms with E-state index in [1.807, 2.05) is 16.9 Å². The molecule has 2 bridgehead atoms. The summed E-state index contributed by atoms with van der Waals surface area (Å²) in [7, 11) is -4.73. The number of alkyl halides is 3. The zero-order chi connectivity index (χ0) is 32.1. The summed E-state index contributed by atoms with van der Waals surface area (Å²) >= 11 is 6.35. The van der Waals surface area contributed by atoms with E-state index in [1.54, 1.807) is 24.3 Å². The number of aryl methyl sites for hydroxylation is 1. The zero-order valence-electron chi connectivity index (χ0n) is 25.0. The number of benzene rings is 2. The van der Waals surface area contributed by atoms with Gasteiger partial charge in [-0.05, 0) is 97.7 Å². The monoisotopic (exact) mass is 666 g/mol. The zero-order valence-corrected chi connectivity index (χ0v) is 26.6. The van der Waals surface area contributed by atoms with Gasteiger partial charge in [-0.25, -0.2) is 13.1 Å². The van der Waals surface area contributed by atoms with Gasteiger partial charge in [0.2, 0.25) is 10.0 Å². The Morgan fingerprint density at radius 2 is 1.98 bits per heavy atom. The summed E-state index contributed by atoms with van der Waals surface area (Å²) in [6.45, 7) is 2.96. The third-order valence-electron chi connectivity index (χ3n) is 10.2. The average Bonchev–Trinajstić information content (AvgIpc) is 3.09. The van der Waals surface area contributed by atoms with Crippen LogP contribution in [0, 0.1) is 17.8 Å². The number of nitrogens with zero attached hydrogens (tertiary/aromatic N) is 1. The second kappa shape index (κ2) is 12.1. The van der Waals surface area contributed by atoms with E-state index in [4.69, 9.17) is 16.3 Å². The number of aliphatic hydroxyl groups is 1. The molecule has 45 heavy (non-hydrogen) atoms. The van der Waals surface area contributed by atoms with E-state index < -0.39 is 45.8 Å². The van der Waals surface area contributed by atoms with Crippen LogP contribution in [0.4, 0.5) is 18.9 Å². The number of ether oxygens (including phenoxy) is 1. The largest absolute Gasteiger partial charge is 0.490 e. The Balaban J connectivity index is 1.42. The highest BCUT2D eigenvalue weighted by atomic mass is 35.5. The van der Waals surface area contributed by atoms with Crippen molar-refractivity contribution in [2.24, 2.45) is 17.8 Å². The molecule has 0 unspecified atom stereocenters. The predicted octanol–water partition coefficient (Wildman–Crippen LogP) is 6.18. The van der Waals surface area contributed by atoms with E-state index in [2.05, 4.69) is 11.0 Å². The number of sulfonamides is 1. The van der Waals surface area contributed by atoms with E-state index in [9.17, 15) is 31.5 Å². The molecule has 1 fully saturated rings. The summed E-state index contributed by atoms with van der Waals surface area (Å²) in [5.41, 5.74) is 2.59. The van der Waals surface area contributed by atoms with Crippen molar-refractivity contribution in [3.63, 3.8) is 0 Å². The molecule has 1 spiro atoms. The van der Waals surface area contributed by atoms with Crippen molar-refractivity contribution in [2.75, 3.05) is 24.6 Å². The van der Waals surface area contributed by atoms with Crippen molar-refractivity contribution in [2.45, 2.75) is 74.8 Å². The van der Waals surface area contributed by atoms with E-state index in [1.165, 1.54) is 24.1 Å². The Bertz CT molecular complexity index is 1600. The van der Waals surface area contributed by atoms with E-state index >= 15 is 0 Å². The van der Waals surface area contributed by atoms with Crippen molar-refractivity contribution in [3.8, 4) is 5.75 Å². The molecule has 244 valence electrons. The number of fused-ring (bicyclic) bond motifs is 4. The lowest BCUT2D eigenvalue weighted by Gasteiger charge is -2.45. The molecule has 2 heterocycles. The van der Waals surface area contributed by atoms with Gasteiger partial charge in [-0.1, -0.05) is 36.7 Å². The number of halogens is 4. The van der Waals surface area contributed by atoms with Crippen molar-refractivity contribution >= 4 is 33.2 Å². The molecule has 2 aromatic rings. The molecule has 1 saturated carbocycles. The first-order chi connectivity index (χ1) is 21.2. The first-order valence-corrected chi connectivity index (χ1v) is 17.5. The van der Waals surface area contributed by atoms with Gasteiger partial charge >= 0.3 is 6.18 Å². The van der Waals surface area contributed by atoms with Crippen LogP contribution in [0.15, 0.2) is 48.6 Å². The molecule has 2 aliphatic carbocycles. The fourth-order valence-corrected chi connectivity index (χ4v) is 9.50.